The summed E-state index contributed by atoms with van der Waals surface area (Å²) >= 11 is 0. The largest absolute Gasteiger partial charge is 0.380 e. The Balaban J connectivity index is 1.71. The van der Waals surface area contributed by atoms with Gasteiger partial charge in [0.2, 0.25) is 11.8 Å². The van der Waals surface area contributed by atoms with E-state index in [2.05, 4.69) is 31.3 Å². The van der Waals surface area contributed by atoms with Crippen molar-refractivity contribution in [2.24, 2.45) is 5.73 Å². The van der Waals surface area contributed by atoms with Crippen LogP contribution in [0.1, 0.15) is 36.2 Å². The number of nitrogens with two attached hydrogens (primary N) is 1. The summed E-state index contributed by atoms with van der Waals surface area (Å²) in [6, 6.07) is 17.1. The van der Waals surface area contributed by atoms with Crippen molar-refractivity contribution in [2.45, 2.75) is 31.8 Å². The number of likely N-dealkylation sites (tertiary alicyclic amines) is 1. The predicted octanol–water partition coefficient (Wildman–Crippen LogP) is 2.73. The van der Waals surface area contributed by atoms with Crippen LogP contribution in [-0.4, -0.2) is 29.3 Å². The minimum atomic E-state index is -0.446. The summed E-state index contributed by atoms with van der Waals surface area (Å²) in [7, 11) is 0. The molecule has 25 heavy (non-hydrogen) atoms. The van der Waals surface area contributed by atoms with Gasteiger partial charge in [0, 0.05) is 24.2 Å². The van der Waals surface area contributed by atoms with Crippen LogP contribution >= 0.6 is 0 Å². The number of rotatable bonds is 5. The Bertz CT molecular complexity index is 769. The summed E-state index contributed by atoms with van der Waals surface area (Å²) in [6.45, 7) is 4.78. The SMILES string of the molecule is CC(C)(c1ccccc1)N1CC(Nc2ccc(C(N)=O)cc2)CC1=O. The van der Waals surface area contributed by atoms with Crippen LogP contribution in [0.2, 0.25) is 0 Å². The first-order valence-electron chi connectivity index (χ1n) is 8.40. The van der Waals surface area contributed by atoms with Gasteiger partial charge in [0.1, 0.15) is 0 Å². The van der Waals surface area contributed by atoms with E-state index in [0.717, 1.165) is 11.3 Å². The molecule has 1 unspecified atom stereocenters. The number of hydrogen-bond acceptors (Lipinski definition) is 3. The Morgan fingerprint density at radius 1 is 1.12 bits per heavy atom. The zero-order valence-electron chi connectivity index (χ0n) is 14.5. The van der Waals surface area contributed by atoms with Gasteiger partial charge in [-0.25, -0.2) is 0 Å². The molecule has 1 aliphatic rings. The average Bonchev–Trinajstić information content (AvgIpc) is 2.97. The lowest BCUT2D eigenvalue weighted by Gasteiger charge is -2.36. The average molecular weight is 337 g/mol. The van der Waals surface area contributed by atoms with Crippen LogP contribution in [0.3, 0.4) is 0 Å². The number of carbonyl (C=O) groups excluding carboxylic acids is 2. The zero-order valence-corrected chi connectivity index (χ0v) is 14.5. The fourth-order valence-electron chi connectivity index (χ4n) is 3.31. The zero-order chi connectivity index (χ0) is 18.0. The lowest BCUT2D eigenvalue weighted by Crippen LogP contribution is -2.43. The van der Waals surface area contributed by atoms with Gasteiger partial charge in [-0.15, -0.1) is 0 Å². The molecular weight excluding hydrogens is 314 g/mol. The molecule has 1 atom stereocenters. The standard InChI is InChI=1S/C20H23N3O2/c1-20(2,15-6-4-3-5-7-15)23-13-17(12-18(23)24)22-16-10-8-14(9-11-16)19(21)25/h3-11,17,22H,12-13H2,1-2H3,(H2,21,25). The van der Waals surface area contributed by atoms with Crippen molar-refractivity contribution < 1.29 is 9.59 Å². The molecule has 1 heterocycles. The molecule has 3 rings (SSSR count). The predicted molar refractivity (Wildman–Crippen MR) is 98.2 cm³/mol. The number of primary amides is 1. The molecule has 0 radical (unpaired) electrons. The van der Waals surface area contributed by atoms with Crippen LogP contribution in [0.4, 0.5) is 5.69 Å². The monoisotopic (exact) mass is 337 g/mol. The van der Waals surface area contributed by atoms with Crippen LogP contribution < -0.4 is 11.1 Å². The maximum Gasteiger partial charge on any atom is 0.248 e. The molecule has 0 aliphatic carbocycles. The van der Waals surface area contributed by atoms with Gasteiger partial charge < -0.3 is 16.0 Å². The Morgan fingerprint density at radius 3 is 2.36 bits per heavy atom. The van der Waals surface area contributed by atoms with E-state index in [0.29, 0.717) is 18.5 Å². The number of nitrogens with one attached hydrogen (secondary N) is 1. The number of carbonyl (C=O) groups is 2. The van der Waals surface area contributed by atoms with Crippen molar-refractivity contribution in [1.29, 1.82) is 0 Å². The first-order chi connectivity index (χ1) is 11.9. The molecule has 0 spiro atoms. The van der Waals surface area contributed by atoms with Gasteiger partial charge in [-0.1, -0.05) is 30.3 Å². The molecule has 0 saturated carbocycles. The molecule has 2 aromatic carbocycles. The fourth-order valence-corrected chi connectivity index (χ4v) is 3.31. The topological polar surface area (TPSA) is 75.4 Å². The van der Waals surface area contributed by atoms with E-state index in [1.54, 1.807) is 12.1 Å². The van der Waals surface area contributed by atoms with E-state index >= 15 is 0 Å². The maximum atomic E-state index is 12.6. The van der Waals surface area contributed by atoms with E-state index in [1.165, 1.54) is 0 Å². The molecule has 5 heteroatoms. The quantitative estimate of drug-likeness (QED) is 0.881. The molecule has 0 aromatic heterocycles. The smallest absolute Gasteiger partial charge is 0.248 e. The van der Waals surface area contributed by atoms with E-state index in [4.69, 9.17) is 5.73 Å². The second-order valence-electron chi connectivity index (χ2n) is 6.92. The highest BCUT2D eigenvalue weighted by atomic mass is 16.2. The molecule has 130 valence electrons. The van der Waals surface area contributed by atoms with Crippen molar-refractivity contribution in [3.63, 3.8) is 0 Å². The van der Waals surface area contributed by atoms with Gasteiger partial charge in [-0.2, -0.15) is 0 Å². The molecule has 1 saturated heterocycles. The van der Waals surface area contributed by atoms with Crippen molar-refractivity contribution in [3.05, 3.63) is 65.7 Å². The number of amides is 2. The Kier molecular flexibility index (Phi) is 4.49. The summed E-state index contributed by atoms with van der Waals surface area (Å²) in [6.07, 6.45) is 0.452. The normalized spacial score (nSPS) is 17.6. The Morgan fingerprint density at radius 2 is 1.76 bits per heavy atom. The highest BCUT2D eigenvalue weighted by molar-refractivity contribution is 5.93. The molecule has 2 amide bonds. The summed E-state index contributed by atoms with van der Waals surface area (Å²) in [5.41, 5.74) is 7.37. The van der Waals surface area contributed by atoms with Crippen LogP contribution in [0.25, 0.3) is 0 Å². The minimum Gasteiger partial charge on any atom is -0.380 e. The van der Waals surface area contributed by atoms with Gasteiger partial charge in [0.25, 0.3) is 0 Å². The lowest BCUT2D eigenvalue weighted by molar-refractivity contribution is -0.132. The minimum absolute atomic E-state index is 0.0370. The second kappa shape index (κ2) is 6.59. The first kappa shape index (κ1) is 17.0. The molecule has 0 bridgehead atoms. The summed E-state index contributed by atoms with van der Waals surface area (Å²) in [4.78, 5) is 25.6. The van der Waals surface area contributed by atoms with Crippen molar-refractivity contribution in [2.75, 3.05) is 11.9 Å². The molecule has 2 aromatic rings. The van der Waals surface area contributed by atoms with Crippen molar-refractivity contribution >= 4 is 17.5 Å². The first-order valence-corrected chi connectivity index (χ1v) is 8.40. The second-order valence-corrected chi connectivity index (χ2v) is 6.92. The summed E-state index contributed by atoms with van der Waals surface area (Å²) < 4.78 is 0. The highest BCUT2D eigenvalue weighted by Crippen LogP contribution is 2.32. The Hall–Kier alpha value is -2.82. The third kappa shape index (κ3) is 3.50. The van der Waals surface area contributed by atoms with E-state index in [1.807, 2.05) is 35.2 Å². The summed E-state index contributed by atoms with van der Waals surface area (Å²) in [5, 5.41) is 3.38. The van der Waals surface area contributed by atoms with Crippen LogP contribution in [0.5, 0.6) is 0 Å². The van der Waals surface area contributed by atoms with Gasteiger partial charge in [0.05, 0.1) is 11.6 Å². The van der Waals surface area contributed by atoms with E-state index in [9.17, 15) is 9.59 Å². The number of hydrogen-bond donors (Lipinski definition) is 2. The van der Waals surface area contributed by atoms with Crippen LogP contribution in [0, 0.1) is 0 Å². The summed E-state index contributed by atoms with van der Waals surface area (Å²) in [5.74, 6) is -0.307. The third-order valence-corrected chi connectivity index (χ3v) is 4.82. The lowest BCUT2D eigenvalue weighted by atomic mass is 9.92. The Labute approximate surface area is 147 Å². The number of anilines is 1. The van der Waals surface area contributed by atoms with Crippen molar-refractivity contribution in [3.8, 4) is 0 Å². The van der Waals surface area contributed by atoms with E-state index < -0.39 is 5.91 Å². The molecule has 1 aliphatic heterocycles. The molecule has 3 N–H and O–H groups in total. The maximum absolute atomic E-state index is 12.6. The van der Waals surface area contributed by atoms with Gasteiger partial charge >= 0.3 is 0 Å². The molecular formula is C20H23N3O2. The van der Waals surface area contributed by atoms with E-state index in [-0.39, 0.29) is 17.5 Å². The van der Waals surface area contributed by atoms with Crippen molar-refractivity contribution in [1.82, 2.24) is 4.90 Å². The van der Waals surface area contributed by atoms with Gasteiger partial charge in [-0.05, 0) is 43.7 Å². The molecule has 1 fully saturated rings. The number of benzene rings is 2. The van der Waals surface area contributed by atoms with Gasteiger partial charge in [0.15, 0.2) is 0 Å². The fraction of sp³-hybridized carbons (Fsp3) is 0.300. The van der Waals surface area contributed by atoms with Crippen LogP contribution in [0.15, 0.2) is 54.6 Å². The van der Waals surface area contributed by atoms with Gasteiger partial charge in [-0.3, -0.25) is 9.59 Å². The third-order valence-electron chi connectivity index (χ3n) is 4.82. The highest BCUT2D eigenvalue weighted by Gasteiger charge is 2.39. The van der Waals surface area contributed by atoms with Crippen LogP contribution in [-0.2, 0) is 10.3 Å². The molecule has 5 nitrogen and oxygen atoms in total. The number of nitrogens with zero attached hydrogens (tertiary/aromatic N) is 1.